The Morgan fingerprint density at radius 3 is 2.40 bits per heavy atom. The molecule has 0 heterocycles. The van der Waals surface area contributed by atoms with Gasteiger partial charge in [0.05, 0.1) is 7.11 Å². The number of halogens is 3. The molecule has 0 amide bonds. The predicted molar refractivity (Wildman–Crippen MR) is 88.6 cm³/mol. The molecule has 20 heavy (non-hydrogen) atoms. The normalized spacial score (nSPS) is 16.6. The third-order valence-electron chi connectivity index (χ3n) is 4.53. The van der Waals surface area contributed by atoms with Crippen LogP contribution < -0.4 is 4.74 Å². The summed E-state index contributed by atoms with van der Waals surface area (Å²) in [5.41, 5.74) is 1.23. The first kappa shape index (κ1) is 16.3. The minimum atomic E-state index is -0.269. The van der Waals surface area contributed by atoms with E-state index in [-0.39, 0.29) is 11.2 Å². The highest BCUT2D eigenvalue weighted by molar-refractivity contribution is 9.09. The van der Waals surface area contributed by atoms with Gasteiger partial charge in [-0.3, -0.25) is 0 Å². The van der Waals surface area contributed by atoms with Crippen LogP contribution in [0.5, 0.6) is 5.75 Å². The number of alkyl halides is 2. The van der Waals surface area contributed by atoms with Crippen LogP contribution in [-0.4, -0.2) is 17.8 Å². The zero-order valence-corrected chi connectivity index (χ0v) is 15.0. The van der Waals surface area contributed by atoms with E-state index in [1.165, 1.54) is 32.8 Å². The molecule has 4 heteroatoms. The lowest BCUT2D eigenvalue weighted by Crippen LogP contribution is -2.35. The molecule has 0 aliphatic heterocycles. The minimum Gasteiger partial charge on any atom is -0.494 e. The average molecular weight is 408 g/mol. The summed E-state index contributed by atoms with van der Waals surface area (Å²) in [6.45, 7) is 0. The third-order valence-corrected chi connectivity index (χ3v) is 6.76. The lowest BCUT2D eigenvalue weighted by Gasteiger charge is -2.36. The van der Waals surface area contributed by atoms with Gasteiger partial charge in [0, 0.05) is 10.7 Å². The summed E-state index contributed by atoms with van der Waals surface area (Å²) < 4.78 is 18.9. The maximum absolute atomic E-state index is 13.9. The van der Waals surface area contributed by atoms with Crippen LogP contribution in [0.4, 0.5) is 4.39 Å². The molecule has 112 valence electrons. The van der Waals surface area contributed by atoms with Crippen LogP contribution in [0.2, 0.25) is 0 Å². The number of ether oxygens (including phenoxy) is 1. The van der Waals surface area contributed by atoms with Crippen LogP contribution in [0.25, 0.3) is 0 Å². The molecule has 1 aliphatic rings. The van der Waals surface area contributed by atoms with Crippen molar-refractivity contribution in [2.24, 2.45) is 11.3 Å². The van der Waals surface area contributed by atoms with Crippen molar-refractivity contribution in [2.75, 3.05) is 17.8 Å². The van der Waals surface area contributed by atoms with Crippen LogP contribution in [0, 0.1) is 17.2 Å². The van der Waals surface area contributed by atoms with E-state index >= 15 is 0 Å². The lowest BCUT2D eigenvalue weighted by atomic mass is 9.73. The fourth-order valence-corrected chi connectivity index (χ4v) is 5.50. The molecule has 1 aliphatic carbocycles. The zero-order chi connectivity index (χ0) is 14.6. The number of hydrogen-bond acceptors (Lipinski definition) is 1. The fourth-order valence-electron chi connectivity index (χ4n) is 3.26. The van der Waals surface area contributed by atoms with Crippen molar-refractivity contribution in [3.63, 3.8) is 0 Å². The molecule has 0 bridgehead atoms. The first-order chi connectivity index (χ1) is 9.65. The Hall–Kier alpha value is -0.0900. The molecule has 1 fully saturated rings. The molecule has 1 aromatic rings. The topological polar surface area (TPSA) is 9.23 Å². The van der Waals surface area contributed by atoms with Crippen LogP contribution in [-0.2, 0) is 6.42 Å². The lowest BCUT2D eigenvalue weighted by molar-refractivity contribution is 0.232. The monoisotopic (exact) mass is 406 g/mol. The highest BCUT2D eigenvalue weighted by Crippen LogP contribution is 2.45. The molecule has 1 nitrogen and oxygen atoms in total. The van der Waals surface area contributed by atoms with Gasteiger partial charge >= 0.3 is 0 Å². The van der Waals surface area contributed by atoms with E-state index in [9.17, 15) is 4.39 Å². The summed E-state index contributed by atoms with van der Waals surface area (Å²) in [6.07, 6.45) is 6.12. The summed E-state index contributed by atoms with van der Waals surface area (Å²) >= 11 is 7.40. The van der Waals surface area contributed by atoms with E-state index in [0.29, 0.717) is 11.7 Å². The van der Waals surface area contributed by atoms with Crippen molar-refractivity contribution in [2.45, 2.75) is 32.1 Å². The standard InChI is InChI=1S/C16H21Br2FO/c1-20-15-7-6-12(8-14(15)19)9-16(10-17,11-18)13-4-2-3-5-13/h6-8,13H,2-5,9-11H2,1H3. The first-order valence-electron chi connectivity index (χ1n) is 7.09. The van der Waals surface area contributed by atoms with Crippen molar-refractivity contribution in [3.8, 4) is 5.75 Å². The van der Waals surface area contributed by atoms with Gasteiger partial charge < -0.3 is 4.74 Å². The summed E-state index contributed by atoms with van der Waals surface area (Å²) in [4.78, 5) is 0. The number of hydrogen-bond donors (Lipinski definition) is 0. The van der Waals surface area contributed by atoms with Gasteiger partial charge in [0.25, 0.3) is 0 Å². The maximum Gasteiger partial charge on any atom is 0.165 e. The molecular formula is C16H21Br2FO. The molecule has 1 saturated carbocycles. The van der Waals surface area contributed by atoms with Crippen LogP contribution in [0.3, 0.4) is 0 Å². The highest BCUT2D eigenvalue weighted by Gasteiger charge is 2.38. The molecule has 0 atom stereocenters. The van der Waals surface area contributed by atoms with Gasteiger partial charge in [-0.05, 0) is 48.3 Å². The molecule has 0 saturated heterocycles. The summed E-state index contributed by atoms with van der Waals surface area (Å²) in [5, 5.41) is 1.90. The average Bonchev–Trinajstić information content (AvgIpc) is 3.00. The number of methoxy groups -OCH3 is 1. The highest BCUT2D eigenvalue weighted by atomic mass is 79.9. The van der Waals surface area contributed by atoms with Gasteiger partial charge in [-0.1, -0.05) is 50.8 Å². The van der Waals surface area contributed by atoms with Crippen molar-refractivity contribution < 1.29 is 9.13 Å². The Morgan fingerprint density at radius 1 is 1.25 bits per heavy atom. The van der Waals surface area contributed by atoms with Gasteiger partial charge in [-0.15, -0.1) is 0 Å². The summed E-state index contributed by atoms with van der Waals surface area (Å²) in [5.74, 6) is 0.763. The zero-order valence-electron chi connectivity index (χ0n) is 11.8. The Kier molecular flexibility index (Phi) is 5.91. The molecule has 1 aromatic carbocycles. The predicted octanol–water partition coefficient (Wildman–Crippen LogP) is 5.34. The Bertz CT molecular complexity index is 440. The first-order valence-corrected chi connectivity index (χ1v) is 9.34. The van der Waals surface area contributed by atoms with E-state index in [0.717, 1.165) is 22.6 Å². The van der Waals surface area contributed by atoms with Crippen LogP contribution in [0.15, 0.2) is 18.2 Å². The molecule has 0 unspecified atom stereocenters. The Balaban J connectivity index is 2.21. The molecule has 0 aromatic heterocycles. The van der Waals surface area contributed by atoms with E-state index in [1.807, 2.05) is 6.07 Å². The smallest absolute Gasteiger partial charge is 0.165 e. The minimum absolute atomic E-state index is 0.178. The quantitative estimate of drug-likeness (QED) is 0.578. The fraction of sp³-hybridized carbons (Fsp3) is 0.625. The van der Waals surface area contributed by atoms with Crippen molar-refractivity contribution in [3.05, 3.63) is 29.6 Å². The Labute approximate surface area is 137 Å². The molecule has 2 rings (SSSR count). The van der Waals surface area contributed by atoms with Crippen molar-refractivity contribution >= 4 is 31.9 Å². The van der Waals surface area contributed by atoms with Crippen LogP contribution >= 0.6 is 31.9 Å². The second-order valence-corrected chi connectivity index (χ2v) is 6.88. The second-order valence-electron chi connectivity index (χ2n) is 5.76. The van der Waals surface area contributed by atoms with Gasteiger partial charge in [0.15, 0.2) is 11.6 Å². The van der Waals surface area contributed by atoms with Gasteiger partial charge in [-0.25, -0.2) is 4.39 Å². The van der Waals surface area contributed by atoms with E-state index in [4.69, 9.17) is 4.74 Å². The van der Waals surface area contributed by atoms with Crippen molar-refractivity contribution in [1.82, 2.24) is 0 Å². The number of benzene rings is 1. The maximum atomic E-state index is 13.9. The molecule has 0 N–H and O–H groups in total. The second kappa shape index (κ2) is 7.26. The van der Waals surface area contributed by atoms with E-state index < -0.39 is 0 Å². The van der Waals surface area contributed by atoms with E-state index in [2.05, 4.69) is 31.9 Å². The van der Waals surface area contributed by atoms with Gasteiger partial charge in [-0.2, -0.15) is 0 Å². The van der Waals surface area contributed by atoms with Crippen molar-refractivity contribution in [1.29, 1.82) is 0 Å². The molecule has 0 radical (unpaired) electrons. The Morgan fingerprint density at radius 2 is 1.90 bits per heavy atom. The van der Waals surface area contributed by atoms with Gasteiger partial charge in [0.2, 0.25) is 0 Å². The third kappa shape index (κ3) is 3.38. The SMILES string of the molecule is COc1ccc(CC(CBr)(CBr)C2CCCC2)cc1F. The van der Waals surface area contributed by atoms with Gasteiger partial charge in [0.1, 0.15) is 0 Å². The largest absolute Gasteiger partial charge is 0.494 e. The summed E-state index contributed by atoms with van der Waals surface area (Å²) in [6, 6.07) is 5.33. The number of rotatable bonds is 6. The van der Waals surface area contributed by atoms with E-state index in [1.54, 1.807) is 12.1 Å². The van der Waals surface area contributed by atoms with Crippen LogP contribution in [0.1, 0.15) is 31.2 Å². The summed E-state index contributed by atoms with van der Waals surface area (Å²) in [7, 11) is 1.50. The molecular weight excluding hydrogens is 387 g/mol. The molecule has 0 spiro atoms.